The standard InChI is InChI=1S/C22H20ClNO4/c1-26-20-13-21(27-2)19(12-18(20)23)24-22(25)16-9-6-10-17(11-16)28-14-15-7-4-3-5-8-15/h3-13H,14H2,1-2H3,(H,24,25). The molecule has 0 spiro atoms. The van der Waals surface area contributed by atoms with Crippen molar-refractivity contribution in [2.75, 3.05) is 19.5 Å². The van der Waals surface area contributed by atoms with Crippen molar-refractivity contribution in [3.05, 3.63) is 82.9 Å². The molecule has 0 heterocycles. The number of anilines is 1. The highest BCUT2D eigenvalue weighted by molar-refractivity contribution is 6.32. The third-order valence-corrected chi connectivity index (χ3v) is 4.36. The van der Waals surface area contributed by atoms with Gasteiger partial charge in [0, 0.05) is 11.6 Å². The second-order valence-corrected chi connectivity index (χ2v) is 6.35. The van der Waals surface area contributed by atoms with E-state index in [0.717, 1.165) is 5.56 Å². The summed E-state index contributed by atoms with van der Waals surface area (Å²) < 4.78 is 16.3. The third kappa shape index (κ3) is 4.75. The van der Waals surface area contributed by atoms with Gasteiger partial charge in [-0.05, 0) is 29.8 Å². The van der Waals surface area contributed by atoms with E-state index < -0.39 is 0 Å². The number of carbonyl (C=O) groups excluding carboxylic acids is 1. The van der Waals surface area contributed by atoms with Gasteiger partial charge in [0.1, 0.15) is 23.9 Å². The number of halogens is 1. The average molecular weight is 398 g/mol. The van der Waals surface area contributed by atoms with Crippen LogP contribution in [0.3, 0.4) is 0 Å². The van der Waals surface area contributed by atoms with Crippen molar-refractivity contribution in [2.45, 2.75) is 6.61 Å². The molecule has 0 atom stereocenters. The molecule has 3 rings (SSSR count). The Hall–Kier alpha value is -3.18. The Balaban J connectivity index is 1.73. The minimum atomic E-state index is -0.301. The molecule has 0 aliphatic heterocycles. The number of hydrogen-bond acceptors (Lipinski definition) is 4. The molecule has 0 bridgehead atoms. The fourth-order valence-corrected chi connectivity index (χ4v) is 2.86. The Morgan fingerprint density at radius 1 is 0.929 bits per heavy atom. The normalized spacial score (nSPS) is 10.2. The van der Waals surface area contributed by atoms with Crippen LogP contribution in [0.4, 0.5) is 5.69 Å². The van der Waals surface area contributed by atoms with Gasteiger partial charge in [-0.2, -0.15) is 0 Å². The number of rotatable bonds is 7. The lowest BCUT2D eigenvalue weighted by molar-refractivity contribution is 0.102. The minimum Gasteiger partial charge on any atom is -0.495 e. The molecule has 0 saturated carbocycles. The Morgan fingerprint density at radius 2 is 1.68 bits per heavy atom. The highest BCUT2D eigenvalue weighted by Crippen LogP contribution is 2.36. The van der Waals surface area contributed by atoms with E-state index in [4.69, 9.17) is 25.8 Å². The number of methoxy groups -OCH3 is 2. The summed E-state index contributed by atoms with van der Waals surface area (Å²) in [5.41, 5.74) is 1.96. The zero-order valence-corrected chi connectivity index (χ0v) is 16.3. The van der Waals surface area contributed by atoms with Gasteiger partial charge in [-0.3, -0.25) is 4.79 Å². The van der Waals surface area contributed by atoms with Crippen molar-refractivity contribution >= 4 is 23.2 Å². The Bertz CT molecular complexity index is 960. The molecule has 28 heavy (non-hydrogen) atoms. The maximum absolute atomic E-state index is 12.7. The lowest BCUT2D eigenvalue weighted by Gasteiger charge is -2.13. The first-order valence-corrected chi connectivity index (χ1v) is 8.98. The lowest BCUT2D eigenvalue weighted by atomic mass is 10.2. The third-order valence-electron chi connectivity index (χ3n) is 4.07. The van der Waals surface area contributed by atoms with Crippen LogP contribution in [0.1, 0.15) is 15.9 Å². The van der Waals surface area contributed by atoms with Gasteiger partial charge in [0.2, 0.25) is 0 Å². The van der Waals surface area contributed by atoms with Gasteiger partial charge < -0.3 is 19.5 Å². The van der Waals surface area contributed by atoms with Crippen LogP contribution in [0.5, 0.6) is 17.2 Å². The van der Waals surface area contributed by atoms with Gasteiger partial charge in [-0.15, -0.1) is 0 Å². The van der Waals surface area contributed by atoms with Gasteiger partial charge in [0.05, 0.1) is 24.9 Å². The number of carbonyl (C=O) groups is 1. The molecule has 6 heteroatoms. The van der Waals surface area contributed by atoms with Crippen molar-refractivity contribution in [1.82, 2.24) is 0 Å². The van der Waals surface area contributed by atoms with E-state index in [1.165, 1.54) is 14.2 Å². The van der Waals surface area contributed by atoms with Gasteiger partial charge >= 0.3 is 0 Å². The van der Waals surface area contributed by atoms with E-state index in [9.17, 15) is 4.79 Å². The average Bonchev–Trinajstić information content (AvgIpc) is 2.73. The molecule has 144 valence electrons. The van der Waals surface area contributed by atoms with Crippen LogP contribution in [-0.4, -0.2) is 20.1 Å². The zero-order valence-electron chi connectivity index (χ0n) is 15.6. The van der Waals surface area contributed by atoms with Crippen LogP contribution < -0.4 is 19.5 Å². The molecule has 0 aromatic heterocycles. The van der Waals surface area contributed by atoms with Crippen molar-refractivity contribution in [3.8, 4) is 17.2 Å². The SMILES string of the molecule is COc1cc(OC)c(NC(=O)c2cccc(OCc3ccccc3)c2)cc1Cl. The lowest BCUT2D eigenvalue weighted by Crippen LogP contribution is -2.13. The number of amides is 1. The van der Waals surface area contributed by atoms with Crippen LogP contribution >= 0.6 is 11.6 Å². The summed E-state index contributed by atoms with van der Waals surface area (Å²) in [6.45, 7) is 0.424. The summed E-state index contributed by atoms with van der Waals surface area (Å²) in [5.74, 6) is 1.22. The summed E-state index contributed by atoms with van der Waals surface area (Å²) >= 11 is 6.16. The van der Waals surface area contributed by atoms with Gasteiger partial charge in [0.25, 0.3) is 5.91 Å². The Kier molecular flexibility index (Phi) is 6.40. The summed E-state index contributed by atoms with van der Waals surface area (Å²) in [6, 6.07) is 20.0. The maximum atomic E-state index is 12.7. The Morgan fingerprint density at radius 3 is 2.39 bits per heavy atom. The first-order chi connectivity index (χ1) is 13.6. The summed E-state index contributed by atoms with van der Waals surface area (Å²) in [5, 5.41) is 3.19. The molecule has 3 aromatic carbocycles. The molecule has 1 amide bonds. The number of hydrogen-bond donors (Lipinski definition) is 1. The molecular weight excluding hydrogens is 378 g/mol. The van der Waals surface area contributed by atoms with E-state index in [1.807, 2.05) is 36.4 Å². The summed E-state index contributed by atoms with van der Waals surface area (Å²) in [7, 11) is 3.02. The first kappa shape index (κ1) is 19.6. The molecule has 5 nitrogen and oxygen atoms in total. The predicted molar refractivity (Wildman–Crippen MR) is 110 cm³/mol. The number of nitrogens with one attached hydrogen (secondary N) is 1. The minimum absolute atomic E-state index is 0.301. The van der Waals surface area contributed by atoms with Crippen molar-refractivity contribution in [3.63, 3.8) is 0 Å². The molecule has 0 aliphatic rings. The first-order valence-electron chi connectivity index (χ1n) is 8.60. The molecule has 0 aliphatic carbocycles. The molecular formula is C22H20ClNO4. The van der Waals surface area contributed by atoms with Crippen molar-refractivity contribution in [1.29, 1.82) is 0 Å². The van der Waals surface area contributed by atoms with E-state index in [0.29, 0.717) is 40.1 Å². The van der Waals surface area contributed by atoms with Crippen molar-refractivity contribution < 1.29 is 19.0 Å². The highest BCUT2D eigenvalue weighted by atomic mass is 35.5. The topological polar surface area (TPSA) is 56.8 Å². The number of ether oxygens (including phenoxy) is 3. The summed E-state index contributed by atoms with van der Waals surface area (Å²) in [6.07, 6.45) is 0. The highest BCUT2D eigenvalue weighted by Gasteiger charge is 2.14. The summed E-state index contributed by atoms with van der Waals surface area (Å²) in [4.78, 5) is 12.7. The maximum Gasteiger partial charge on any atom is 0.255 e. The fourth-order valence-electron chi connectivity index (χ4n) is 2.62. The molecule has 0 unspecified atom stereocenters. The second kappa shape index (κ2) is 9.15. The van der Waals surface area contributed by atoms with Crippen LogP contribution in [-0.2, 0) is 6.61 Å². The second-order valence-electron chi connectivity index (χ2n) is 5.94. The van der Waals surface area contributed by atoms with Crippen LogP contribution in [0.2, 0.25) is 5.02 Å². The molecule has 0 radical (unpaired) electrons. The molecule has 0 saturated heterocycles. The van der Waals surface area contributed by atoms with Gasteiger partial charge in [-0.1, -0.05) is 48.0 Å². The van der Waals surface area contributed by atoms with Gasteiger partial charge in [-0.25, -0.2) is 0 Å². The number of benzene rings is 3. The van der Waals surface area contributed by atoms with Crippen LogP contribution in [0.25, 0.3) is 0 Å². The van der Waals surface area contributed by atoms with E-state index >= 15 is 0 Å². The fraction of sp³-hybridized carbons (Fsp3) is 0.136. The predicted octanol–water partition coefficient (Wildman–Crippen LogP) is 5.19. The monoisotopic (exact) mass is 397 g/mol. The van der Waals surface area contributed by atoms with Crippen molar-refractivity contribution in [2.24, 2.45) is 0 Å². The molecule has 3 aromatic rings. The van der Waals surface area contributed by atoms with E-state index in [2.05, 4.69) is 5.32 Å². The van der Waals surface area contributed by atoms with Crippen LogP contribution in [0, 0.1) is 0 Å². The quantitative estimate of drug-likeness (QED) is 0.596. The molecule has 0 fully saturated rings. The largest absolute Gasteiger partial charge is 0.495 e. The van der Waals surface area contributed by atoms with E-state index in [1.54, 1.807) is 30.3 Å². The zero-order chi connectivity index (χ0) is 19.9. The Labute approximate surface area is 168 Å². The van der Waals surface area contributed by atoms with Gasteiger partial charge in [0.15, 0.2) is 0 Å². The molecule has 1 N–H and O–H groups in total. The van der Waals surface area contributed by atoms with E-state index in [-0.39, 0.29) is 5.91 Å². The van der Waals surface area contributed by atoms with Crippen LogP contribution in [0.15, 0.2) is 66.7 Å². The smallest absolute Gasteiger partial charge is 0.255 e.